The van der Waals surface area contributed by atoms with Crippen LogP contribution in [0.25, 0.3) is 0 Å². The van der Waals surface area contributed by atoms with Crippen LogP contribution in [0.4, 0.5) is 0 Å². The molecule has 1 aromatic carbocycles. The monoisotopic (exact) mass is 299 g/mol. The molecule has 0 saturated carbocycles. The highest BCUT2D eigenvalue weighted by Gasteiger charge is 2.67. The van der Waals surface area contributed by atoms with Crippen molar-refractivity contribution in [3.05, 3.63) is 48.0 Å². The van der Waals surface area contributed by atoms with Gasteiger partial charge in [0, 0.05) is 0 Å². The number of hydrogen-bond acceptors (Lipinski definition) is 3. The normalized spacial score (nSPS) is 36.7. The molecular formula is C17H17NO4. The summed E-state index contributed by atoms with van der Waals surface area (Å²) in [6, 6.07) is 9.67. The topological polar surface area (TPSA) is 66.8 Å². The van der Waals surface area contributed by atoms with Gasteiger partial charge in [-0.1, -0.05) is 42.5 Å². The highest BCUT2D eigenvalue weighted by molar-refractivity contribution is 5.91. The van der Waals surface area contributed by atoms with E-state index in [1.807, 2.05) is 43.3 Å². The Morgan fingerprint density at radius 3 is 2.82 bits per heavy atom. The molecule has 3 heterocycles. The maximum absolute atomic E-state index is 12.8. The third-order valence-electron chi connectivity index (χ3n) is 5.16. The molecule has 5 nitrogen and oxygen atoms in total. The molecule has 0 aromatic heterocycles. The average Bonchev–Trinajstić information content (AvgIpc) is 3.15. The van der Waals surface area contributed by atoms with Crippen molar-refractivity contribution in [3.63, 3.8) is 0 Å². The van der Waals surface area contributed by atoms with E-state index in [1.54, 1.807) is 11.0 Å². The lowest BCUT2D eigenvalue weighted by atomic mass is 9.77. The second kappa shape index (κ2) is 4.43. The van der Waals surface area contributed by atoms with E-state index in [4.69, 9.17) is 4.74 Å². The number of carboxylic acids is 1. The summed E-state index contributed by atoms with van der Waals surface area (Å²) in [4.78, 5) is 26.1. The summed E-state index contributed by atoms with van der Waals surface area (Å²) in [5.74, 6) is -2.45. The Bertz CT molecular complexity index is 670. The van der Waals surface area contributed by atoms with E-state index < -0.39 is 29.5 Å². The molecule has 1 N–H and O–H groups in total. The van der Waals surface area contributed by atoms with Crippen LogP contribution < -0.4 is 0 Å². The summed E-state index contributed by atoms with van der Waals surface area (Å²) in [5, 5.41) is 9.45. The second-order valence-corrected chi connectivity index (χ2v) is 6.29. The number of carbonyl (C=O) groups excluding carboxylic acids is 1. The lowest BCUT2D eigenvalue weighted by molar-refractivity contribution is -0.148. The lowest BCUT2D eigenvalue weighted by Gasteiger charge is -2.27. The van der Waals surface area contributed by atoms with Gasteiger partial charge in [-0.05, 0) is 12.5 Å². The average molecular weight is 299 g/mol. The van der Waals surface area contributed by atoms with E-state index in [0.29, 0.717) is 6.54 Å². The van der Waals surface area contributed by atoms with Gasteiger partial charge >= 0.3 is 5.97 Å². The lowest BCUT2D eigenvalue weighted by Crippen LogP contribution is -2.39. The standard InChI is InChI=1S/C17H17NO4/c1-10(11-5-3-2-4-6-11)18-9-17-8-7-12(22-17)13(16(20)21)14(17)15(18)19/h2-8,10,12-14H,9H2,1H3,(H,20,21)/t10-,12+,13-,14-,17+/m1/s1. The van der Waals surface area contributed by atoms with Gasteiger partial charge < -0.3 is 14.7 Å². The van der Waals surface area contributed by atoms with Crippen molar-refractivity contribution in [2.75, 3.05) is 6.54 Å². The number of ether oxygens (including phenoxy) is 1. The van der Waals surface area contributed by atoms with Gasteiger partial charge in [0.1, 0.15) is 11.5 Å². The molecule has 4 rings (SSSR count). The fraction of sp³-hybridized carbons (Fsp3) is 0.412. The van der Waals surface area contributed by atoms with E-state index in [0.717, 1.165) is 5.56 Å². The molecule has 5 atom stereocenters. The van der Waals surface area contributed by atoms with Gasteiger partial charge in [0.15, 0.2) is 0 Å². The van der Waals surface area contributed by atoms with Crippen molar-refractivity contribution < 1.29 is 19.4 Å². The smallest absolute Gasteiger partial charge is 0.310 e. The maximum Gasteiger partial charge on any atom is 0.310 e. The number of fused-ring (bicyclic) bond motifs is 1. The van der Waals surface area contributed by atoms with Crippen LogP contribution in [0.3, 0.4) is 0 Å². The molecule has 2 fully saturated rings. The summed E-state index contributed by atoms with van der Waals surface area (Å²) < 4.78 is 5.89. The highest BCUT2D eigenvalue weighted by atomic mass is 16.5. The predicted octanol–water partition coefficient (Wildman–Crippen LogP) is 1.61. The molecular weight excluding hydrogens is 282 g/mol. The first-order valence-electron chi connectivity index (χ1n) is 7.49. The molecule has 22 heavy (non-hydrogen) atoms. The largest absolute Gasteiger partial charge is 0.481 e. The Morgan fingerprint density at radius 1 is 1.41 bits per heavy atom. The van der Waals surface area contributed by atoms with Gasteiger partial charge in [-0.25, -0.2) is 0 Å². The highest BCUT2D eigenvalue weighted by Crippen LogP contribution is 2.53. The van der Waals surface area contributed by atoms with Crippen molar-refractivity contribution >= 4 is 11.9 Å². The minimum atomic E-state index is -0.955. The zero-order valence-corrected chi connectivity index (χ0v) is 12.2. The number of aliphatic carboxylic acids is 1. The summed E-state index contributed by atoms with van der Waals surface area (Å²) in [6.45, 7) is 2.39. The van der Waals surface area contributed by atoms with Gasteiger partial charge in [-0.3, -0.25) is 9.59 Å². The number of benzene rings is 1. The molecule has 3 aliphatic rings. The predicted molar refractivity (Wildman–Crippen MR) is 77.9 cm³/mol. The SMILES string of the molecule is C[C@H](c1ccccc1)N1C[C@]23C=C[C@H](O2)[C@@H](C(=O)O)[C@@H]3C1=O. The molecule has 1 spiro atoms. The van der Waals surface area contributed by atoms with Gasteiger partial charge in [0.05, 0.1) is 24.6 Å². The number of rotatable bonds is 3. The number of hydrogen-bond donors (Lipinski definition) is 1. The molecule has 114 valence electrons. The van der Waals surface area contributed by atoms with Crippen LogP contribution in [0.1, 0.15) is 18.5 Å². The minimum absolute atomic E-state index is 0.0980. The molecule has 2 saturated heterocycles. The van der Waals surface area contributed by atoms with E-state index >= 15 is 0 Å². The van der Waals surface area contributed by atoms with Gasteiger partial charge in [0.2, 0.25) is 5.91 Å². The molecule has 1 amide bonds. The van der Waals surface area contributed by atoms with Crippen LogP contribution in [-0.4, -0.2) is 40.1 Å². The van der Waals surface area contributed by atoms with Crippen LogP contribution in [0, 0.1) is 11.8 Å². The Morgan fingerprint density at radius 2 is 2.14 bits per heavy atom. The van der Waals surface area contributed by atoms with Gasteiger partial charge in [-0.15, -0.1) is 0 Å². The summed E-state index contributed by atoms with van der Waals surface area (Å²) in [7, 11) is 0. The van der Waals surface area contributed by atoms with Crippen LogP contribution in [-0.2, 0) is 14.3 Å². The summed E-state index contributed by atoms with van der Waals surface area (Å²) in [5.41, 5.74) is 0.283. The maximum atomic E-state index is 12.8. The van der Waals surface area contributed by atoms with Crippen molar-refractivity contribution in [1.29, 1.82) is 0 Å². The zero-order chi connectivity index (χ0) is 15.5. The van der Waals surface area contributed by atoms with Crippen LogP contribution in [0.15, 0.2) is 42.5 Å². The molecule has 0 radical (unpaired) electrons. The zero-order valence-electron chi connectivity index (χ0n) is 12.2. The minimum Gasteiger partial charge on any atom is -0.481 e. The van der Waals surface area contributed by atoms with Crippen LogP contribution in [0.5, 0.6) is 0 Å². The first-order chi connectivity index (χ1) is 10.5. The molecule has 1 aromatic rings. The fourth-order valence-corrected chi connectivity index (χ4v) is 4.05. The molecule has 0 aliphatic carbocycles. The Balaban J connectivity index is 1.68. The van der Waals surface area contributed by atoms with Crippen LogP contribution in [0.2, 0.25) is 0 Å². The Kier molecular flexibility index (Phi) is 2.72. The third-order valence-corrected chi connectivity index (χ3v) is 5.16. The third kappa shape index (κ3) is 1.63. The summed E-state index contributed by atoms with van der Waals surface area (Å²) in [6.07, 6.45) is 3.21. The first-order valence-corrected chi connectivity index (χ1v) is 7.49. The number of nitrogens with zero attached hydrogens (tertiary/aromatic N) is 1. The number of amides is 1. The number of carboxylic acid groups (broad SMARTS) is 1. The Labute approximate surface area is 128 Å². The second-order valence-electron chi connectivity index (χ2n) is 6.29. The molecule has 5 heteroatoms. The van der Waals surface area contributed by atoms with Crippen LogP contribution >= 0.6 is 0 Å². The molecule has 0 unspecified atom stereocenters. The van der Waals surface area contributed by atoms with Crippen molar-refractivity contribution in [2.45, 2.75) is 24.7 Å². The first kappa shape index (κ1) is 13.5. The quantitative estimate of drug-likeness (QED) is 0.861. The van der Waals surface area contributed by atoms with Crippen molar-refractivity contribution in [3.8, 4) is 0 Å². The Hall–Kier alpha value is -2.14. The van der Waals surface area contributed by atoms with Gasteiger partial charge in [-0.2, -0.15) is 0 Å². The van der Waals surface area contributed by atoms with Crippen molar-refractivity contribution in [1.82, 2.24) is 4.90 Å². The van der Waals surface area contributed by atoms with E-state index in [1.165, 1.54) is 0 Å². The number of likely N-dealkylation sites (tertiary alicyclic amines) is 1. The van der Waals surface area contributed by atoms with E-state index in [-0.39, 0.29) is 11.9 Å². The molecule has 2 bridgehead atoms. The fourth-order valence-electron chi connectivity index (χ4n) is 4.05. The van der Waals surface area contributed by atoms with E-state index in [2.05, 4.69) is 0 Å². The molecule has 3 aliphatic heterocycles. The summed E-state index contributed by atoms with van der Waals surface area (Å²) >= 11 is 0. The van der Waals surface area contributed by atoms with E-state index in [9.17, 15) is 14.7 Å². The van der Waals surface area contributed by atoms with Crippen molar-refractivity contribution in [2.24, 2.45) is 11.8 Å². The number of carbonyl (C=O) groups is 2. The van der Waals surface area contributed by atoms with Gasteiger partial charge in [0.25, 0.3) is 0 Å².